The van der Waals surface area contributed by atoms with E-state index < -0.39 is 17.9 Å². The van der Waals surface area contributed by atoms with Gasteiger partial charge in [-0.05, 0) is 147 Å². The topological polar surface area (TPSA) is 124 Å². The number of benzene rings is 6. The van der Waals surface area contributed by atoms with Crippen molar-refractivity contribution in [3.63, 3.8) is 0 Å². The van der Waals surface area contributed by atoms with Crippen molar-refractivity contribution in [3.8, 4) is 55.6 Å². The van der Waals surface area contributed by atoms with Crippen LogP contribution in [0.2, 0.25) is 0 Å². The summed E-state index contributed by atoms with van der Waals surface area (Å²) in [6.07, 6.45) is 0. The zero-order chi connectivity index (χ0) is 33.1. The van der Waals surface area contributed by atoms with Crippen LogP contribution < -0.4 is 0 Å². The summed E-state index contributed by atoms with van der Waals surface area (Å²) < 4.78 is 0. The van der Waals surface area contributed by atoms with Crippen molar-refractivity contribution in [3.05, 3.63) is 150 Å². The highest BCUT2D eigenvalue weighted by molar-refractivity contribution is 5.92. The molecule has 0 aromatic heterocycles. The van der Waals surface area contributed by atoms with Crippen molar-refractivity contribution >= 4 is 30.3 Å². The number of carboxylic acid groups (broad SMARTS) is 3. The van der Waals surface area contributed by atoms with E-state index in [0.29, 0.717) is 0 Å². The van der Waals surface area contributed by atoms with Crippen molar-refractivity contribution in [1.82, 2.24) is 0 Å². The van der Waals surface area contributed by atoms with Gasteiger partial charge in [0.05, 0.1) is 22.4 Å². The smallest absolute Gasteiger partial charge is 0.335 e. The van der Waals surface area contributed by atoms with Crippen molar-refractivity contribution in [2.75, 3.05) is 0 Å². The monoisotopic (exact) mass is 617 g/mol. The average molecular weight is 618 g/mol. The Morgan fingerprint density at radius 3 is 0.787 bits per heavy atom. The summed E-state index contributed by atoms with van der Waals surface area (Å²) in [6, 6.07) is 40.0. The number of hydrogen-bond donors (Lipinski definition) is 3. The fourth-order valence-electron chi connectivity index (χ4n) is 5.43. The van der Waals surface area contributed by atoms with Crippen LogP contribution in [-0.4, -0.2) is 39.9 Å². The summed E-state index contributed by atoms with van der Waals surface area (Å²) in [4.78, 5) is 38.5. The molecule has 0 spiro atoms. The minimum Gasteiger partial charge on any atom is -0.478 e. The zero-order valence-corrected chi connectivity index (χ0v) is 24.9. The summed E-state index contributed by atoms with van der Waals surface area (Å²) in [5, 5.41) is 28.3. The van der Waals surface area contributed by atoms with E-state index in [2.05, 4.69) is 23.8 Å². The van der Waals surface area contributed by atoms with Gasteiger partial charge in [-0.25, -0.2) is 14.4 Å². The van der Waals surface area contributed by atoms with Gasteiger partial charge in [0.15, 0.2) is 0 Å². The van der Waals surface area contributed by atoms with Gasteiger partial charge in [0.25, 0.3) is 0 Å². The molecule has 228 valence electrons. The van der Waals surface area contributed by atoms with Gasteiger partial charge in [0.1, 0.15) is 0 Å². The molecule has 0 bridgehead atoms. The molecule has 7 heteroatoms. The van der Waals surface area contributed by atoms with E-state index >= 15 is 0 Å². The number of aromatic carboxylic acids is 3. The molecule has 3 N–H and O–H groups in total. The van der Waals surface area contributed by atoms with Crippen molar-refractivity contribution in [2.45, 2.75) is 0 Å². The van der Waals surface area contributed by atoms with Crippen LogP contribution in [0, 0.1) is 0 Å². The summed E-state index contributed by atoms with van der Waals surface area (Å²) in [5.74, 6) is -3.02. The maximum atomic E-state index is 11.5. The first kappa shape index (κ1) is 30.4. The van der Waals surface area contributed by atoms with E-state index in [1.54, 1.807) is 72.8 Å². The van der Waals surface area contributed by atoms with Crippen molar-refractivity contribution in [2.24, 2.45) is 4.99 Å². The lowest BCUT2D eigenvalue weighted by Crippen LogP contribution is -1.96. The highest BCUT2D eigenvalue weighted by atomic mass is 16.4. The van der Waals surface area contributed by atoms with Crippen LogP contribution in [0.25, 0.3) is 55.6 Å². The Balaban J connectivity index is 1.55. The second-order valence-corrected chi connectivity index (χ2v) is 11.0. The van der Waals surface area contributed by atoms with Crippen LogP contribution >= 0.6 is 0 Å². The molecule has 0 aliphatic heterocycles. The van der Waals surface area contributed by atoms with E-state index in [4.69, 9.17) is 0 Å². The van der Waals surface area contributed by atoms with Gasteiger partial charge in [0, 0.05) is 0 Å². The molecule has 6 rings (SSSR count). The van der Waals surface area contributed by atoms with Gasteiger partial charge in [-0.2, -0.15) is 0 Å². The molecule has 0 atom stereocenters. The molecule has 0 fully saturated rings. The second kappa shape index (κ2) is 12.8. The summed E-state index contributed by atoms with van der Waals surface area (Å²) in [5.41, 5.74) is 9.97. The van der Waals surface area contributed by atoms with Crippen molar-refractivity contribution in [1.29, 1.82) is 0 Å². The van der Waals surface area contributed by atoms with Gasteiger partial charge >= 0.3 is 17.9 Å². The summed E-state index contributed by atoms with van der Waals surface area (Å²) in [6.45, 7) is 3.60. The Hall–Kier alpha value is -6.60. The van der Waals surface area contributed by atoms with E-state index in [9.17, 15) is 29.7 Å². The van der Waals surface area contributed by atoms with Crippen molar-refractivity contribution < 1.29 is 29.7 Å². The lowest BCUT2D eigenvalue weighted by molar-refractivity contribution is 0.0686. The number of hydrogen-bond acceptors (Lipinski definition) is 4. The molecular weight excluding hydrogens is 590 g/mol. The third-order valence-corrected chi connectivity index (χ3v) is 7.98. The van der Waals surface area contributed by atoms with E-state index in [1.165, 1.54) is 0 Å². The maximum Gasteiger partial charge on any atom is 0.335 e. The predicted molar refractivity (Wildman–Crippen MR) is 184 cm³/mol. The largest absolute Gasteiger partial charge is 0.478 e. The summed E-state index contributed by atoms with van der Waals surface area (Å²) in [7, 11) is 0. The summed E-state index contributed by atoms with van der Waals surface area (Å²) >= 11 is 0. The van der Waals surface area contributed by atoms with Crippen LogP contribution in [0.4, 0.5) is 5.69 Å². The third-order valence-electron chi connectivity index (χ3n) is 7.98. The molecule has 0 saturated carbocycles. The SMILES string of the molecule is C=Nc1ccc(-c2cc(-c3ccc(C(=O)O)cc3)cc(-c3cc(-c4ccc(C(=O)O)cc4)cc(-c4ccc(C(=O)O)cc4)c3)c2)cc1. The first-order valence-electron chi connectivity index (χ1n) is 14.6. The van der Waals surface area contributed by atoms with Crippen LogP contribution in [0.3, 0.4) is 0 Å². The number of carboxylic acids is 3. The number of nitrogens with zero attached hydrogens (tertiary/aromatic N) is 1. The minimum absolute atomic E-state index is 0.179. The molecule has 6 aromatic rings. The molecule has 0 aliphatic carbocycles. The quantitative estimate of drug-likeness (QED) is 0.139. The van der Waals surface area contributed by atoms with E-state index in [0.717, 1.165) is 61.3 Å². The minimum atomic E-state index is -1.01. The molecule has 0 heterocycles. The average Bonchev–Trinajstić information content (AvgIpc) is 3.11. The lowest BCUT2D eigenvalue weighted by Gasteiger charge is -2.15. The first-order valence-corrected chi connectivity index (χ1v) is 14.6. The maximum absolute atomic E-state index is 11.5. The highest BCUT2D eigenvalue weighted by Gasteiger charge is 2.13. The molecule has 47 heavy (non-hydrogen) atoms. The van der Waals surface area contributed by atoms with Gasteiger partial charge in [-0.1, -0.05) is 48.5 Å². The van der Waals surface area contributed by atoms with E-state index in [1.807, 2.05) is 48.5 Å². The molecular formula is C40H27NO6. The fraction of sp³-hybridized carbons (Fsp3) is 0. The Bertz CT molecular complexity index is 2070. The Kier molecular flexibility index (Phi) is 8.28. The highest BCUT2D eigenvalue weighted by Crippen LogP contribution is 2.38. The van der Waals surface area contributed by atoms with Gasteiger partial charge < -0.3 is 15.3 Å². The number of aliphatic imine (C=N–C) groups is 1. The van der Waals surface area contributed by atoms with Gasteiger partial charge in [-0.15, -0.1) is 0 Å². The van der Waals surface area contributed by atoms with E-state index in [-0.39, 0.29) is 16.7 Å². The molecule has 0 aliphatic rings. The Labute approximate surface area is 270 Å². The lowest BCUT2D eigenvalue weighted by atomic mass is 9.89. The number of carbonyl (C=O) groups is 3. The zero-order valence-electron chi connectivity index (χ0n) is 24.9. The predicted octanol–water partition coefficient (Wildman–Crippen LogP) is 9.45. The molecule has 0 saturated heterocycles. The molecule has 0 radical (unpaired) electrons. The molecule has 7 nitrogen and oxygen atoms in total. The molecule has 0 unspecified atom stereocenters. The van der Waals surface area contributed by atoms with Crippen LogP contribution in [0.15, 0.2) is 138 Å². The third kappa shape index (κ3) is 6.60. The second-order valence-electron chi connectivity index (χ2n) is 11.0. The normalized spacial score (nSPS) is 10.7. The molecule has 0 amide bonds. The fourth-order valence-corrected chi connectivity index (χ4v) is 5.43. The van der Waals surface area contributed by atoms with Gasteiger partial charge in [-0.3, -0.25) is 4.99 Å². The standard InChI is InChI=1S/C40H27NO6/c1-41-37-16-14-27(15-17-37)34-19-33(26-6-12-30(13-7-26)40(46)47)22-36(23-34)35-20-31(24-2-8-28(9-3-24)38(42)43)18-32(21-35)25-4-10-29(11-5-25)39(44)45/h2-23H,1H2,(H,42,43)(H,44,45)(H,46,47). The van der Waals surface area contributed by atoms with Gasteiger partial charge in [0.2, 0.25) is 0 Å². The molecule has 6 aromatic carbocycles. The van der Waals surface area contributed by atoms with Crippen LogP contribution in [-0.2, 0) is 0 Å². The first-order chi connectivity index (χ1) is 22.7. The van der Waals surface area contributed by atoms with Crippen LogP contribution in [0.1, 0.15) is 31.1 Å². The number of rotatable bonds is 9. The Morgan fingerprint density at radius 1 is 0.362 bits per heavy atom. The Morgan fingerprint density at radius 2 is 0.574 bits per heavy atom. The van der Waals surface area contributed by atoms with Crippen LogP contribution in [0.5, 0.6) is 0 Å².